The molecule has 4 heteroatoms. The topological polar surface area (TPSA) is 46.2 Å². The van der Waals surface area contributed by atoms with Crippen LogP contribution in [0.15, 0.2) is 28.7 Å². The van der Waals surface area contributed by atoms with Crippen LogP contribution in [0.3, 0.4) is 0 Å². The SMILES string of the molecule is O=C1CC[C@H](Cc2ccc(Br)cc2)C(=O)N1. The Labute approximate surface area is 102 Å². The van der Waals surface area contributed by atoms with E-state index >= 15 is 0 Å². The van der Waals surface area contributed by atoms with E-state index < -0.39 is 0 Å². The summed E-state index contributed by atoms with van der Waals surface area (Å²) in [4.78, 5) is 22.5. The average Bonchev–Trinajstić information content (AvgIpc) is 2.25. The van der Waals surface area contributed by atoms with Crippen LogP contribution in [0.2, 0.25) is 0 Å². The molecule has 1 atom stereocenters. The van der Waals surface area contributed by atoms with Gasteiger partial charge in [-0.1, -0.05) is 28.1 Å². The first kappa shape index (κ1) is 11.3. The minimum absolute atomic E-state index is 0.0705. The van der Waals surface area contributed by atoms with E-state index in [0.29, 0.717) is 19.3 Å². The lowest BCUT2D eigenvalue weighted by Crippen LogP contribution is -2.41. The Morgan fingerprint density at radius 1 is 1.25 bits per heavy atom. The van der Waals surface area contributed by atoms with Gasteiger partial charge in [0.15, 0.2) is 0 Å². The van der Waals surface area contributed by atoms with E-state index in [2.05, 4.69) is 21.2 Å². The van der Waals surface area contributed by atoms with Gasteiger partial charge in [-0.15, -0.1) is 0 Å². The number of halogens is 1. The number of hydrogen-bond acceptors (Lipinski definition) is 2. The molecule has 84 valence electrons. The summed E-state index contributed by atoms with van der Waals surface area (Å²) in [5.41, 5.74) is 1.12. The molecule has 3 nitrogen and oxygen atoms in total. The first-order valence-corrected chi connectivity index (χ1v) is 6.02. The molecule has 1 saturated heterocycles. The van der Waals surface area contributed by atoms with Gasteiger partial charge in [-0.3, -0.25) is 14.9 Å². The zero-order valence-corrected chi connectivity index (χ0v) is 10.3. The van der Waals surface area contributed by atoms with E-state index in [-0.39, 0.29) is 17.7 Å². The van der Waals surface area contributed by atoms with Crippen molar-refractivity contribution in [1.29, 1.82) is 0 Å². The van der Waals surface area contributed by atoms with Gasteiger partial charge in [-0.2, -0.15) is 0 Å². The van der Waals surface area contributed by atoms with Crippen LogP contribution in [0, 0.1) is 5.92 Å². The highest BCUT2D eigenvalue weighted by molar-refractivity contribution is 9.10. The van der Waals surface area contributed by atoms with Gasteiger partial charge in [0, 0.05) is 16.8 Å². The van der Waals surface area contributed by atoms with Gasteiger partial charge in [-0.05, 0) is 30.5 Å². The highest BCUT2D eigenvalue weighted by atomic mass is 79.9. The zero-order valence-electron chi connectivity index (χ0n) is 8.70. The van der Waals surface area contributed by atoms with E-state index in [1.807, 2.05) is 24.3 Å². The number of nitrogens with one attached hydrogen (secondary N) is 1. The summed E-state index contributed by atoms with van der Waals surface area (Å²) in [6, 6.07) is 7.91. The number of carbonyl (C=O) groups excluding carboxylic acids is 2. The zero-order chi connectivity index (χ0) is 11.5. The minimum atomic E-state index is -0.156. The third-order valence-corrected chi connectivity index (χ3v) is 3.28. The van der Waals surface area contributed by atoms with Crippen LogP contribution < -0.4 is 5.32 Å². The molecule has 0 spiro atoms. The normalized spacial score (nSPS) is 20.7. The molecule has 0 bridgehead atoms. The van der Waals surface area contributed by atoms with Gasteiger partial charge < -0.3 is 0 Å². The smallest absolute Gasteiger partial charge is 0.230 e. The Hall–Kier alpha value is -1.16. The molecule has 0 aliphatic carbocycles. The third-order valence-electron chi connectivity index (χ3n) is 2.75. The highest BCUT2D eigenvalue weighted by Gasteiger charge is 2.26. The van der Waals surface area contributed by atoms with Crippen molar-refractivity contribution in [3.8, 4) is 0 Å². The second-order valence-electron chi connectivity index (χ2n) is 3.98. The molecule has 2 amide bonds. The first-order valence-electron chi connectivity index (χ1n) is 5.23. The molecule has 1 heterocycles. The second-order valence-corrected chi connectivity index (χ2v) is 4.89. The number of benzene rings is 1. The molecule has 1 aliphatic heterocycles. The van der Waals surface area contributed by atoms with Crippen molar-refractivity contribution in [1.82, 2.24) is 5.32 Å². The van der Waals surface area contributed by atoms with Gasteiger partial charge in [-0.25, -0.2) is 0 Å². The van der Waals surface area contributed by atoms with Gasteiger partial charge in [0.25, 0.3) is 0 Å². The van der Waals surface area contributed by atoms with Gasteiger partial charge in [0.1, 0.15) is 0 Å². The van der Waals surface area contributed by atoms with Crippen LogP contribution in [0.4, 0.5) is 0 Å². The molecule has 1 N–H and O–H groups in total. The summed E-state index contributed by atoms with van der Waals surface area (Å²) < 4.78 is 1.03. The lowest BCUT2D eigenvalue weighted by atomic mass is 9.91. The maximum atomic E-state index is 11.5. The standard InChI is InChI=1S/C12H12BrNO2/c13-10-4-1-8(2-5-10)7-9-3-6-11(15)14-12(9)16/h1-2,4-5,9H,3,6-7H2,(H,14,15,16)/t9-/m1/s1. The fraction of sp³-hybridized carbons (Fsp3) is 0.333. The number of rotatable bonds is 2. The van der Waals surface area contributed by atoms with E-state index in [4.69, 9.17) is 0 Å². The van der Waals surface area contributed by atoms with Crippen molar-refractivity contribution in [2.75, 3.05) is 0 Å². The van der Waals surface area contributed by atoms with Crippen LogP contribution in [0.25, 0.3) is 0 Å². The summed E-state index contributed by atoms with van der Waals surface area (Å²) in [6.07, 6.45) is 1.81. The van der Waals surface area contributed by atoms with Crippen molar-refractivity contribution in [3.63, 3.8) is 0 Å². The Bertz CT molecular complexity index is 414. The van der Waals surface area contributed by atoms with Gasteiger partial charge in [0.05, 0.1) is 0 Å². The lowest BCUT2D eigenvalue weighted by Gasteiger charge is -2.20. The molecule has 1 fully saturated rings. The molecule has 0 aromatic heterocycles. The number of imide groups is 1. The van der Waals surface area contributed by atoms with Crippen molar-refractivity contribution in [2.24, 2.45) is 5.92 Å². The minimum Gasteiger partial charge on any atom is -0.296 e. The maximum Gasteiger partial charge on any atom is 0.230 e. The summed E-state index contributed by atoms with van der Waals surface area (Å²) in [6.45, 7) is 0. The van der Waals surface area contributed by atoms with Crippen molar-refractivity contribution in [3.05, 3.63) is 34.3 Å². The quantitative estimate of drug-likeness (QED) is 0.844. The predicted molar refractivity (Wildman–Crippen MR) is 63.7 cm³/mol. The van der Waals surface area contributed by atoms with Gasteiger partial charge >= 0.3 is 0 Å². The van der Waals surface area contributed by atoms with E-state index in [9.17, 15) is 9.59 Å². The Morgan fingerprint density at radius 3 is 2.56 bits per heavy atom. The highest BCUT2D eigenvalue weighted by Crippen LogP contribution is 2.19. The van der Waals surface area contributed by atoms with Crippen molar-refractivity contribution in [2.45, 2.75) is 19.3 Å². The van der Waals surface area contributed by atoms with E-state index in [1.54, 1.807) is 0 Å². The van der Waals surface area contributed by atoms with Crippen LogP contribution in [-0.4, -0.2) is 11.8 Å². The maximum absolute atomic E-state index is 11.5. The van der Waals surface area contributed by atoms with Crippen LogP contribution in [-0.2, 0) is 16.0 Å². The fourth-order valence-corrected chi connectivity index (χ4v) is 2.10. The monoisotopic (exact) mass is 281 g/mol. The Balaban J connectivity index is 2.02. The molecule has 1 aliphatic rings. The molecule has 0 saturated carbocycles. The predicted octanol–water partition coefficient (Wildman–Crippen LogP) is 2.04. The van der Waals surface area contributed by atoms with Gasteiger partial charge in [0.2, 0.25) is 11.8 Å². The Morgan fingerprint density at radius 2 is 1.94 bits per heavy atom. The summed E-state index contributed by atoms with van der Waals surface area (Å²) in [5, 5.41) is 2.37. The largest absolute Gasteiger partial charge is 0.296 e. The fourth-order valence-electron chi connectivity index (χ4n) is 1.84. The van der Waals surface area contributed by atoms with Crippen molar-refractivity contribution >= 4 is 27.7 Å². The van der Waals surface area contributed by atoms with Crippen LogP contribution >= 0.6 is 15.9 Å². The molecular formula is C12H12BrNO2. The van der Waals surface area contributed by atoms with Crippen LogP contribution in [0.1, 0.15) is 18.4 Å². The lowest BCUT2D eigenvalue weighted by molar-refractivity contribution is -0.136. The number of carbonyl (C=O) groups is 2. The molecule has 1 aromatic carbocycles. The summed E-state index contributed by atoms with van der Waals surface area (Å²) >= 11 is 3.37. The number of amides is 2. The number of hydrogen-bond donors (Lipinski definition) is 1. The first-order chi connectivity index (χ1) is 7.65. The molecule has 0 radical (unpaired) electrons. The van der Waals surface area contributed by atoms with E-state index in [1.165, 1.54) is 0 Å². The number of piperidine rings is 1. The second kappa shape index (κ2) is 4.78. The van der Waals surface area contributed by atoms with Crippen LogP contribution in [0.5, 0.6) is 0 Å². The molecule has 0 unspecified atom stereocenters. The summed E-state index contributed by atoms with van der Waals surface area (Å²) in [7, 11) is 0. The Kier molecular flexibility index (Phi) is 3.39. The molecule has 2 rings (SSSR count). The van der Waals surface area contributed by atoms with Crippen molar-refractivity contribution < 1.29 is 9.59 Å². The molecular weight excluding hydrogens is 270 g/mol. The molecule has 16 heavy (non-hydrogen) atoms. The average molecular weight is 282 g/mol. The third kappa shape index (κ3) is 2.70. The molecule has 1 aromatic rings. The van der Waals surface area contributed by atoms with E-state index in [0.717, 1.165) is 10.0 Å². The summed E-state index contributed by atoms with van der Waals surface area (Å²) in [5.74, 6) is -0.366.